The lowest BCUT2D eigenvalue weighted by Gasteiger charge is -2.45. The van der Waals surface area contributed by atoms with Gasteiger partial charge in [0.15, 0.2) is 0 Å². The molecule has 3 N–H and O–H groups in total. The van der Waals surface area contributed by atoms with Gasteiger partial charge in [-0.15, -0.1) is 0 Å². The quantitative estimate of drug-likeness (QED) is 0.159. The number of esters is 1. The van der Waals surface area contributed by atoms with Gasteiger partial charge in [0.05, 0.1) is 0 Å². The van der Waals surface area contributed by atoms with Gasteiger partial charge in [-0.3, -0.25) is 9.59 Å². The number of carbonyl (C=O) groups is 4. The monoisotopic (exact) mass is 715 g/mol. The van der Waals surface area contributed by atoms with Crippen molar-refractivity contribution >= 4 is 23.9 Å². The maximum Gasteiger partial charge on any atom is 0.408 e. The van der Waals surface area contributed by atoms with Crippen molar-refractivity contribution in [3.8, 4) is 5.75 Å². The predicted molar refractivity (Wildman–Crippen MR) is 203 cm³/mol. The lowest BCUT2D eigenvalue weighted by Crippen LogP contribution is -2.60. The van der Waals surface area contributed by atoms with Crippen LogP contribution in [0.2, 0.25) is 0 Å². The molecule has 0 aliphatic heterocycles. The highest BCUT2D eigenvalue weighted by atomic mass is 16.6. The average molecular weight is 716 g/mol. The largest absolute Gasteiger partial charge is 0.508 e. The number of hydrogen-bond donors (Lipinski definition) is 3. The van der Waals surface area contributed by atoms with Gasteiger partial charge in [0.25, 0.3) is 0 Å². The van der Waals surface area contributed by atoms with Crippen LogP contribution in [0.5, 0.6) is 5.75 Å². The fourth-order valence-corrected chi connectivity index (χ4v) is 5.88. The summed E-state index contributed by atoms with van der Waals surface area (Å²) in [6, 6.07) is 17.9. The molecule has 0 bridgehead atoms. The maximum atomic E-state index is 15.1. The van der Waals surface area contributed by atoms with Crippen molar-refractivity contribution in [3.63, 3.8) is 0 Å². The van der Waals surface area contributed by atoms with E-state index in [1.807, 2.05) is 83.1 Å². The number of rotatable bonds is 13. The average Bonchev–Trinajstić information content (AvgIpc) is 3.01. The number of ether oxygens (including phenoxy) is 2. The van der Waals surface area contributed by atoms with E-state index in [2.05, 4.69) is 10.6 Å². The van der Waals surface area contributed by atoms with Crippen molar-refractivity contribution in [1.29, 1.82) is 0 Å². The van der Waals surface area contributed by atoms with Crippen LogP contribution in [0.1, 0.15) is 103 Å². The van der Waals surface area contributed by atoms with E-state index in [9.17, 15) is 19.5 Å². The number of amides is 3. The Morgan fingerprint density at radius 1 is 0.712 bits per heavy atom. The molecular formula is C42H57N3O7. The molecule has 0 aliphatic carbocycles. The fourth-order valence-electron chi connectivity index (χ4n) is 5.88. The number of benzene rings is 3. The molecule has 0 spiro atoms. The molecule has 0 heterocycles. The van der Waals surface area contributed by atoms with Crippen LogP contribution in [0.4, 0.5) is 4.79 Å². The summed E-state index contributed by atoms with van der Waals surface area (Å²) in [5.74, 6) is -1.65. The van der Waals surface area contributed by atoms with Crippen LogP contribution < -0.4 is 10.6 Å². The SMILES string of the molecule is CCC(C)(C)N(C(=O)C(Cc1ccc(O)cc1)NC(=O)OC(C)(C)C)C(C(=O)NC(Cc1ccccc1)C(=O)OC(C)(C)C)c1cc(C)cc(C)c1. The van der Waals surface area contributed by atoms with Crippen molar-refractivity contribution in [2.75, 3.05) is 0 Å². The molecule has 10 heteroatoms. The minimum atomic E-state index is -1.22. The standard InChI is InChI=1S/C42H57N3O7/c1-12-42(10,11)45(37(48)33(44-39(50)52-41(7,8)9)25-30-18-20-32(46)21-19-30)35(31-23-27(2)22-28(3)24-31)36(47)43-34(38(49)51-40(4,5)6)26-29-16-14-13-15-17-29/h13-24,33-35,46H,12,25-26H2,1-11H3,(H,43,47)(H,44,50). The van der Waals surface area contributed by atoms with Crippen LogP contribution in [0.15, 0.2) is 72.8 Å². The molecule has 3 aromatic rings. The molecule has 52 heavy (non-hydrogen) atoms. The zero-order valence-corrected chi connectivity index (χ0v) is 32.6. The van der Waals surface area contributed by atoms with Crippen molar-refractivity contribution in [2.24, 2.45) is 0 Å². The number of nitrogens with zero attached hydrogens (tertiary/aromatic N) is 1. The molecular weight excluding hydrogens is 658 g/mol. The van der Waals surface area contributed by atoms with Crippen molar-refractivity contribution in [1.82, 2.24) is 15.5 Å². The topological polar surface area (TPSA) is 134 Å². The highest BCUT2D eigenvalue weighted by Gasteiger charge is 2.44. The minimum Gasteiger partial charge on any atom is -0.508 e. The Morgan fingerprint density at radius 3 is 1.75 bits per heavy atom. The lowest BCUT2D eigenvalue weighted by molar-refractivity contribution is -0.159. The summed E-state index contributed by atoms with van der Waals surface area (Å²) < 4.78 is 11.4. The molecule has 282 valence electrons. The van der Waals surface area contributed by atoms with Crippen LogP contribution in [-0.4, -0.2) is 62.7 Å². The summed E-state index contributed by atoms with van der Waals surface area (Å²) in [5, 5.41) is 15.7. The lowest BCUT2D eigenvalue weighted by atomic mass is 9.90. The molecule has 3 rings (SSSR count). The van der Waals surface area contributed by atoms with E-state index < -0.39 is 58.7 Å². The molecule has 3 atom stereocenters. The number of phenols is 1. The first-order chi connectivity index (χ1) is 24.1. The number of phenolic OH excluding ortho intramolecular Hbond substituents is 1. The van der Waals surface area contributed by atoms with Crippen LogP contribution in [-0.2, 0) is 36.7 Å². The number of alkyl carbamates (subject to hydrolysis) is 1. The van der Waals surface area contributed by atoms with Crippen molar-refractivity contribution < 1.29 is 33.8 Å². The Kier molecular flexibility index (Phi) is 13.7. The molecule has 3 aromatic carbocycles. The number of aryl methyl sites for hydroxylation is 2. The molecule has 10 nitrogen and oxygen atoms in total. The highest BCUT2D eigenvalue weighted by Crippen LogP contribution is 2.34. The third-order valence-corrected chi connectivity index (χ3v) is 8.48. The van der Waals surface area contributed by atoms with Gasteiger partial charge in [0.2, 0.25) is 11.8 Å². The minimum absolute atomic E-state index is 0.0460. The second kappa shape index (κ2) is 17.1. The molecule has 0 saturated heterocycles. The van der Waals surface area contributed by atoms with Gasteiger partial charge >= 0.3 is 12.1 Å². The molecule has 0 aliphatic rings. The second-order valence-electron chi connectivity index (χ2n) is 16.1. The molecule has 0 aromatic heterocycles. The number of carbonyl (C=O) groups excluding carboxylic acids is 4. The van der Waals surface area contributed by atoms with Gasteiger partial charge in [0, 0.05) is 18.4 Å². The first-order valence-corrected chi connectivity index (χ1v) is 17.8. The summed E-state index contributed by atoms with van der Waals surface area (Å²) in [5.41, 5.74) is 1.22. The molecule has 0 saturated carbocycles. The van der Waals surface area contributed by atoms with E-state index in [0.717, 1.165) is 16.7 Å². The summed E-state index contributed by atoms with van der Waals surface area (Å²) in [4.78, 5) is 58.5. The predicted octanol–water partition coefficient (Wildman–Crippen LogP) is 7.27. The Labute approximate surface area is 309 Å². The Bertz CT molecular complexity index is 1670. The fraction of sp³-hybridized carbons (Fsp3) is 0.476. The van der Waals surface area contributed by atoms with Gasteiger partial charge in [-0.05, 0) is 104 Å². The van der Waals surface area contributed by atoms with Crippen LogP contribution in [0.3, 0.4) is 0 Å². The normalized spacial score (nSPS) is 13.7. The molecule has 0 radical (unpaired) electrons. The molecule has 0 fully saturated rings. The van der Waals surface area contributed by atoms with E-state index in [1.54, 1.807) is 53.7 Å². The summed E-state index contributed by atoms with van der Waals surface area (Å²) >= 11 is 0. The van der Waals surface area contributed by atoms with Gasteiger partial charge in [0.1, 0.15) is 35.1 Å². The van der Waals surface area contributed by atoms with Crippen LogP contribution in [0, 0.1) is 13.8 Å². The summed E-state index contributed by atoms with van der Waals surface area (Å²) in [7, 11) is 0. The van der Waals surface area contributed by atoms with Gasteiger partial charge in [-0.25, -0.2) is 9.59 Å². The van der Waals surface area contributed by atoms with Crippen molar-refractivity contribution in [2.45, 2.75) is 130 Å². The van der Waals surface area contributed by atoms with E-state index >= 15 is 4.79 Å². The molecule has 3 unspecified atom stereocenters. The number of hydrogen-bond acceptors (Lipinski definition) is 7. The van der Waals surface area contributed by atoms with E-state index in [1.165, 1.54) is 17.0 Å². The zero-order chi connectivity index (χ0) is 39.0. The van der Waals surface area contributed by atoms with Crippen LogP contribution >= 0.6 is 0 Å². The Morgan fingerprint density at radius 2 is 1.23 bits per heavy atom. The maximum absolute atomic E-state index is 15.1. The third-order valence-electron chi connectivity index (χ3n) is 8.48. The van der Waals surface area contributed by atoms with E-state index in [-0.39, 0.29) is 18.6 Å². The van der Waals surface area contributed by atoms with Gasteiger partial charge in [-0.1, -0.05) is 78.7 Å². The van der Waals surface area contributed by atoms with E-state index in [0.29, 0.717) is 17.5 Å². The Hall–Kier alpha value is -4.86. The summed E-state index contributed by atoms with van der Waals surface area (Å²) in [6.07, 6.45) is -0.134. The van der Waals surface area contributed by atoms with Gasteiger partial charge in [-0.2, -0.15) is 0 Å². The second-order valence-corrected chi connectivity index (χ2v) is 16.1. The van der Waals surface area contributed by atoms with Crippen molar-refractivity contribution in [3.05, 3.63) is 101 Å². The Balaban J connectivity index is 2.21. The first-order valence-electron chi connectivity index (χ1n) is 17.8. The number of nitrogens with one attached hydrogen (secondary N) is 2. The van der Waals surface area contributed by atoms with E-state index in [4.69, 9.17) is 9.47 Å². The smallest absolute Gasteiger partial charge is 0.408 e. The van der Waals surface area contributed by atoms with Gasteiger partial charge < -0.3 is 30.1 Å². The van der Waals surface area contributed by atoms with Crippen LogP contribution in [0.25, 0.3) is 0 Å². The first kappa shape index (κ1) is 41.6. The third kappa shape index (κ3) is 12.4. The number of aromatic hydroxyl groups is 1. The molecule has 3 amide bonds. The zero-order valence-electron chi connectivity index (χ0n) is 32.6. The summed E-state index contributed by atoms with van der Waals surface area (Å²) in [6.45, 7) is 20.0. The highest BCUT2D eigenvalue weighted by molar-refractivity contribution is 5.94.